The Morgan fingerprint density at radius 1 is 1.29 bits per heavy atom. The van der Waals surface area contributed by atoms with Crippen LogP contribution in [0.15, 0.2) is 40.3 Å². The summed E-state index contributed by atoms with van der Waals surface area (Å²) in [4.78, 5) is 12.1. The fraction of sp³-hybridized carbons (Fsp3) is 0.353. The molecule has 0 saturated carbocycles. The molecule has 0 atom stereocenters. The smallest absolute Gasteiger partial charge is 0.287 e. The maximum absolute atomic E-state index is 12.1. The van der Waals surface area contributed by atoms with Gasteiger partial charge in [-0.05, 0) is 56.4 Å². The van der Waals surface area contributed by atoms with Crippen LogP contribution in [0, 0.1) is 0 Å². The van der Waals surface area contributed by atoms with Crippen LogP contribution in [0.5, 0.6) is 0 Å². The van der Waals surface area contributed by atoms with Crippen LogP contribution in [-0.2, 0) is 0 Å². The van der Waals surface area contributed by atoms with E-state index in [9.17, 15) is 4.79 Å². The number of rotatable bonds is 4. The zero-order chi connectivity index (χ0) is 14.7. The third kappa shape index (κ3) is 3.27. The normalized spacial score (nSPS) is 15.0. The maximum Gasteiger partial charge on any atom is 0.287 e. The number of anilines is 1. The molecule has 0 aliphatic heterocycles. The molecule has 0 bridgehead atoms. The second kappa shape index (κ2) is 6.04. The van der Waals surface area contributed by atoms with Crippen LogP contribution in [0.1, 0.15) is 42.7 Å². The third-order valence-corrected chi connectivity index (χ3v) is 3.88. The van der Waals surface area contributed by atoms with Gasteiger partial charge in [-0.1, -0.05) is 11.6 Å². The summed E-state index contributed by atoms with van der Waals surface area (Å²) in [5.41, 5.74) is 8.53. The summed E-state index contributed by atoms with van der Waals surface area (Å²) in [6, 6.07) is 7.10. The van der Waals surface area contributed by atoms with E-state index >= 15 is 0 Å². The van der Waals surface area contributed by atoms with Gasteiger partial charge in [-0.25, -0.2) is 0 Å². The average molecular weight is 284 g/mol. The SMILES string of the molecule is Nc1ccc2oc(C(=O)NCCC3=CCCCC3)cc2c1. The van der Waals surface area contributed by atoms with E-state index in [0.717, 1.165) is 11.8 Å². The van der Waals surface area contributed by atoms with Crippen LogP contribution in [0.3, 0.4) is 0 Å². The third-order valence-electron chi connectivity index (χ3n) is 3.88. The van der Waals surface area contributed by atoms with Gasteiger partial charge in [0.05, 0.1) is 0 Å². The molecular formula is C17H20N2O2. The minimum atomic E-state index is -0.166. The minimum Gasteiger partial charge on any atom is -0.451 e. The molecule has 0 saturated heterocycles. The summed E-state index contributed by atoms with van der Waals surface area (Å²) < 4.78 is 5.55. The van der Waals surface area contributed by atoms with Gasteiger partial charge in [0.1, 0.15) is 5.58 Å². The first kappa shape index (κ1) is 13.7. The van der Waals surface area contributed by atoms with Crippen molar-refractivity contribution >= 4 is 22.6 Å². The number of hydrogen-bond acceptors (Lipinski definition) is 3. The van der Waals surface area contributed by atoms with Crippen molar-refractivity contribution < 1.29 is 9.21 Å². The second-order valence-electron chi connectivity index (χ2n) is 5.52. The Labute approximate surface area is 124 Å². The van der Waals surface area contributed by atoms with Crippen molar-refractivity contribution in [3.8, 4) is 0 Å². The van der Waals surface area contributed by atoms with Gasteiger partial charge in [-0.3, -0.25) is 4.79 Å². The molecule has 0 spiro atoms. The van der Waals surface area contributed by atoms with Gasteiger partial charge in [0, 0.05) is 17.6 Å². The van der Waals surface area contributed by atoms with E-state index in [0.29, 0.717) is 23.6 Å². The predicted octanol–water partition coefficient (Wildman–Crippen LogP) is 3.64. The van der Waals surface area contributed by atoms with Crippen LogP contribution in [0.2, 0.25) is 0 Å². The fourth-order valence-corrected chi connectivity index (χ4v) is 2.73. The first-order valence-corrected chi connectivity index (χ1v) is 7.47. The molecule has 2 aromatic rings. The Morgan fingerprint density at radius 2 is 2.19 bits per heavy atom. The van der Waals surface area contributed by atoms with E-state index in [2.05, 4.69) is 11.4 Å². The Balaban J connectivity index is 1.60. The number of allylic oxidation sites excluding steroid dienone is 1. The van der Waals surface area contributed by atoms with E-state index in [1.165, 1.54) is 31.3 Å². The van der Waals surface area contributed by atoms with Gasteiger partial charge in [0.15, 0.2) is 5.76 Å². The lowest BCUT2D eigenvalue weighted by molar-refractivity contribution is 0.0928. The Morgan fingerprint density at radius 3 is 3.00 bits per heavy atom. The van der Waals surface area contributed by atoms with E-state index in [4.69, 9.17) is 10.2 Å². The van der Waals surface area contributed by atoms with E-state index in [1.807, 2.05) is 6.07 Å². The molecular weight excluding hydrogens is 264 g/mol. The van der Waals surface area contributed by atoms with Crippen LogP contribution >= 0.6 is 0 Å². The lowest BCUT2D eigenvalue weighted by atomic mass is 9.97. The number of benzene rings is 1. The predicted molar refractivity (Wildman–Crippen MR) is 84.1 cm³/mol. The molecule has 1 amide bonds. The number of fused-ring (bicyclic) bond motifs is 1. The molecule has 1 aromatic carbocycles. The van der Waals surface area contributed by atoms with E-state index in [-0.39, 0.29) is 5.91 Å². The number of hydrogen-bond donors (Lipinski definition) is 2. The average Bonchev–Trinajstić information content (AvgIpc) is 2.91. The zero-order valence-corrected chi connectivity index (χ0v) is 12.0. The number of furan rings is 1. The molecule has 21 heavy (non-hydrogen) atoms. The number of carbonyl (C=O) groups is 1. The molecule has 0 fully saturated rings. The molecule has 1 aliphatic rings. The van der Waals surface area contributed by atoms with Crippen molar-refractivity contribution in [2.24, 2.45) is 0 Å². The van der Waals surface area contributed by atoms with Gasteiger partial charge in [-0.2, -0.15) is 0 Å². The first-order valence-electron chi connectivity index (χ1n) is 7.47. The first-order chi connectivity index (χ1) is 10.2. The fourth-order valence-electron chi connectivity index (χ4n) is 2.73. The van der Waals surface area contributed by atoms with Crippen LogP contribution < -0.4 is 11.1 Å². The molecule has 1 aliphatic carbocycles. The highest BCUT2D eigenvalue weighted by Crippen LogP contribution is 2.22. The zero-order valence-electron chi connectivity index (χ0n) is 12.0. The van der Waals surface area contributed by atoms with Crippen molar-refractivity contribution in [2.45, 2.75) is 32.1 Å². The van der Waals surface area contributed by atoms with Crippen molar-refractivity contribution in [3.63, 3.8) is 0 Å². The van der Waals surface area contributed by atoms with Gasteiger partial charge in [0.25, 0.3) is 5.91 Å². The largest absolute Gasteiger partial charge is 0.451 e. The van der Waals surface area contributed by atoms with Gasteiger partial charge < -0.3 is 15.5 Å². The van der Waals surface area contributed by atoms with Gasteiger partial charge >= 0.3 is 0 Å². The van der Waals surface area contributed by atoms with Crippen molar-refractivity contribution in [1.82, 2.24) is 5.32 Å². The molecule has 4 heteroatoms. The van der Waals surface area contributed by atoms with Crippen molar-refractivity contribution in [3.05, 3.63) is 41.7 Å². The number of nitrogens with two attached hydrogens (primary N) is 1. The summed E-state index contributed by atoms with van der Waals surface area (Å²) in [6.07, 6.45) is 8.13. The summed E-state index contributed by atoms with van der Waals surface area (Å²) in [5, 5.41) is 3.77. The van der Waals surface area contributed by atoms with Crippen LogP contribution in [-0.4, -0.2) is 12.5 Å². The van der Waals surface area contributed by atoms with E-state index in [1.54, 1.807) is 18.2 Å². The van der Waals surface area contributed by atoms with Crippen LogP contribution in [0.4, 0.5) is 5.69 Å². The van der Waals surface area contributed by atoms with Crippen molar-refractivity contribution in [2.75, 3.05) is 12.3 Å². The number of nitrogen functional groups attached to an aromatic ring is 1. The molecule has 110 valence electrons. The summed E-state index contributed by atoms with van der Waals surface area (Å²) in [5.74, 6) is 0.175. The Hall–Kier alpha value is -2.23. The number of amides is 1. The number of nitrogens with one attached hydrogen (secondary N) is 1. The highest BCUT2D eigenvalue weighted by molar-refractivity contribution is 5.96. The van der Waals surface area contributed by atoms with Crippen molar-refractivity contribution in [1.29, 1.82) is 0 Å². The highest BCUT2D eigenvalue weighted by Gasteiger charge is 2.12. The molecule has 0 unspecified atom stereocenters. The minimum absolute atomic E-state index is 0.166. The standard InChI is InChI=1S/C17H20N2O2/c18-14-6-7-15-13(10-14)11-16(21-15)17(20)19-9-8-12-4-2-1-3-5-12/h4,6-7,10-11H,1-3,5,8-9,18H2,(H,19,20). The maximum atomic E-state index is 12.1. The second-order valence-corrected chi connectivity index (χ2v) is 5.52. The summed E-state index contributed by atoms with van der Waals surface area (Å²) in [6.45, 7) is 0.657. The lowest BCUT2D eigenvalue weighted by Gasteiger charge is -2.12. The lowest BCUT2D eigenvalue weighted by Crippen LogP contribution is -2.24. The molecule has 3 N–H and O–H groups in total. The monoisotopic (exact) mass is 284 g/mol. The quantitative estimate of drug-likeness (QED) is 0.665. The molecule has 0 radical (unpaired) electrons. The molecule has 1 aromatic heterocycles. The summed E-state index contributed by atoms with van der Waals surface area (Å²) >= 11 is 0. The van der Waals surface area contributed by atoms with E-state index < -0.39 is 0 Å². The molecule has 1 heterocycles. The van der Waals surface area contributed by atoms with Gasteiger partial charge in [-0.15, -0.1) is 0 Å². The number of carbonyl (C=O) groups excluding carboxylic acids is 1. The van der Waals surface area contributed by atoms with Crippen LogP contribution in [0.25, 0.3) is 11.0 Å². The summed E-state index contributed by atoms with van der Waals surface area (Å²) in [7, 11) is 0. The Bertz CT molecular complexity index is 685. The molecule has 4 nitrogen and oxygen atoms in total. The Kier molecular flexibility index (Phi) is 3.95. The topological polar surface area (TPSA) is 68.3 Å². The molecule has 3 rings (SSSR count). The van der Waals surface area contributed by atoms with Gasteiger partial charge in [0.2, 0.25) is 0 Å². The highest BCUT2D eigenvalue weighted by atomic mass is 16.3.